The van der Waals surface area contributed by atoms with Gasteiger partial charge in [-0.2, -0.15) is 4.68 Å². The highest BCUT2D eigenvalue weighted by Crippen LogP contribution is 2.29. The number of nitrogens with one attached hydrogen (secondary N) is 1. The summed E-state index contributed by atoms with van der Waals surface area (Å²) in [4.78, 5) is 15.4. The van der Waals surface area contributed by atoms with E-state index in [2.05, 4.69) is 25.7 Å². The Labute approximate surface area is 191 Å². The van der Waals surface area contributed by atoms with Crippen molar-refractivity contribution in [3.05, 3.63) is 53.6 Å². The van der Waals surface area contributed by atoms with E-state index in [1.54, 1.807) is 13.0 Å². The predicted octanol–water partition coefficient (Wildman–Crippen LogP) is 2.21. The molecule has 1 fully saturated rings. The minimum absolute atomic E-state index is 0.0182. The molecule has 1 aliphatic rings. The monoisotopic (exact) mass is 473 g/mol. The van der Waals surface area contributed by atoms with Gasteiger partial charge in [-0.15, -0.1) is 5.10 Å². The fraction of sp³-hybridized carbons (Fsp3) is 0.333. The van der Waals surface area contributed by atoms with Crippen LogP contribution in [0.1, 0.15) is 29.0 Å². The van der Waals surface area contributed by atoms with Crippen LogP contribution in [0.4, 0.5) is 15.8 Å². The smallest absolute Gasteiger partial charge is 0.257 e. The van der Waals surface area contributed by atoms with Gasteiger partial charge in [0.05, 0.1) is 10.5 Å². The molecule has 0 unspecified atom stereocenters. The van der Waals surface area contributed by atoms with E-state index in [1.165, 1.54) is 49.1 Å². The lowest BCUT2D eigenvalue weighted by Crippen LogP contribution is -2.25. The van der Waals surface area contributed by atoms with Crippen molar-refractivity contribution in [1.29, 1.82) is 0 Å². The summed E-state index contributed by atoms with van der Waals surface area (Å²) in [6, 6.07) is 8.61. The van der Waals surface area contributed by atoms with Gasteiger partial charge in [0.15, 0.2) is 5.82 Å². The molecule has 33 heavy (non-hydrogen) atoms. The maximum Gasteiger partial charge on any atom is 0.257 e. The largest absolute Gasteiger partial charge is 0.371 e. The normalized spacial score (nSPS) is 14.2. The maximum atomic E-state index is 14.4. The lowest BCUT2D eigenvalue weighted by atomic mass is 10.1. The highest BCUT2D eigenvalue weighted by Gasteiger charge is 2.25. The maximum absolute atomic E-state index is 14.4. The number of hydrogen-bond acceptors (Lipinski definition) is 7. The summed E-state index contributed by atoms with van der Waals surface area (Å²) < 4.78 is 42.0. The molecular weight excluding hydrogens is 449 g/mol. The summed E-state index contributed by atoms with van der Waals surface area (Å²) in [5.41, 5.74) is 1.28. The number of nitrogens with zero attached hydrogens (tertiary/aromatic N) is 6. The van der Waals surface area contributed by atoms with Crippen molar-refractivity contribution in [3.8, 4) is 5.69 Å². The second-order valence-electron chi connectivity index (χ2n) is 7.92. The summed E-state index contributed by atoms with van der Waals surface area (Å²) in [5, 5.41) is 13.8. The molecule has 10 nitrogen and oxygen atoms in total. The van der Waals surface area contributed by atoms with Crippen LogP contribution in [0.2, 0.25) is 0 Å². The molecular formula is C21H24FN7O3S. The van der Waals surface area contributed by atoms with Crippen molar-refractivity contribution in [2.24, 2.45) is 0 Å². The van der Waals surface area contributed by atoms with Crippen LogP contribution in [0.15, 0.2) is 41.3 Å². The van der Waals surface area contributed by atoms with E-state index >= 15 is 0 Å². The van der Waals surface area contributed by atoms with Crippen LogP contribution in [-0.2, 0) is 10.0 Å². The molecule has 1 aromatic heterocycles. The van der Waals surface area contributed by atoms with Crippen LogP contribution in [0, 0.1) is 12.7 Å². The molecule has 3 aromatic rings. The van der Waals surface area contributed by atoms with E-state index < -0.39 is 21.7 Å². The molecule has 0 radical (unpaired) electrons. The Kier molecular flexibility index (Phi) is 6.13. The van der Waals surface area contributed by atoms with E-state index in [4.69, 9.17) is 0 Å². The highest BCUT2D eigenvalue weighted by molar-refractivity contribution is 7.89. The SMILES string of the molecule is Cc1nnnn1-c1cc(NC(=O)c2cc(S(=O)(=O)N(C)C)ccc2N2CCCC2)ccc1F. The van der Waals surface area contributed by atoms with E-state index in [-0.39, 0.29) is 16.1 Å². The van der Waals surface area contributed by atoms with Crippen molar-refractivity contribution in [2.75, 3.05) is 37.4 Å². The number of aromatic nitrogens is 4. The number of sulfonamides is 1. The molecule has 0 bridgehead atoms. The minimum Gasteiger partial charge on any atom is -0.371 e. The van der Waals surface area contributed by atoms with Crippen LogP contribution in [0.5, 0.6) is 0 Å². The first-order valence-electron chi connectivity index (χ1n) is 10.4. The van der Waals surface area contributed by atoms with Gasteiger partial charge in [-0.3, -0.25) is 4.79 Å². The Hall–Kier alpha value is -3.38. The highest BCUT2D eigenvalue weighted by atomic mass is 32.2. The van der Waals surface area contributed by atoms with E-state index in [0.29, 0.717) is 17.2 Å². The number of aryl methyl sites for hydroxylation is 1. The summed E-state index contributed by atoms with van der Waals surface area (Å²) >= 11 is 0. The van der Waals surface area contributed by atoms with Crippen LogP contribution < -0.4 is 10.2 Å². The molecule has 0 atom stereocenters. The summed E-state index contributed by atoms with van der Waals surface area (Å²) in [5.74, 6) is -0.672. The van der Waals surface area contributed by atoms with Gasteiger partial charge in [0.2, 0.25) is 10.0 Å². The number of carbonyl (C=O) groups excluding carboxylic acids is 1. The van der Waals surface area contributed by atoms with Gasteiger partial charge >= 0.3 is 0 Å². The van der Waals surface area contributed by atoms with Crippen molar-refractivity contribution >= 4 is 27.3 Å². The molecule has 1 aliphatic heterocycles. The fourth-order valence-corrected chi connectivity index (χ4v) is 4.64. The third-order valence-corrected chi connectivity index (χ3v) is 7.31. The topological polar surface area (TPSA) is 113 Å². The van der Waals surface area contributed by atoms with Crippen molar-refractivity contribution in [1.82, 2.24) is 24.5 Å². The Morgan fingerprint density at radius 1 is 1.09 bits per heavy atom. The average molecular weight is 474 g/mol. The number of halogens is 1. The van der Waals surface area contributed by atoms with Gasteiger partial charge in [-0.25, -0.2) is 17.1 Å². The van der Waals surface area contributed by atoms with Crippen molar-refractivity contribution < 1.29 is 17.6 Å². The van der Waals surface area contributed by atoms with Gasteiger partial charge in [0.1, 0.15) is 11.5 Å². The molecule has 2 aromatic carbocycles. The molecule has 1 N–H and O–H groups in total. The molecule has 0 aliphatic carbocycles. The molecule has 12 heteroatoms. The van der Waals surface area contributed by atoms with Gasteiger partial charge in [0, 0.05) is 38.6 Å². The molecule has 1 amide bonds. The number of tetrazole rings is 1. The van der Waals surface area contributed by atoms with Gasteiger partial charge in [0.25, 0.3) is 5.91 Å². The Balaban J connectivity index is 1.72. The Morgan fingerprint density at radius 2 is 1.82 bits per heavy atom. The quantitative estimate of drug-likeness (QED) is 0.584. The van der Waals surface area contributed by atoms with Gasteiger partial charge in [-0.05, 0) is 66.6 Å². The molecule has 0 spiro atoms. The van der Waals surface area contributed by atoms with Crippen LogP contribution in [0.3, 0.4) is 0 Å². The number of carbonyl (C=O) groups is 1. The first-order valence-corrected chi connectivity index (χ1v) is 11.8. The third-order valence-electron chi connectivity index (χ3n) is 5.50. The Bertz CT molecular complexity index is 1300. The lowest BCUT2D eigenvalue weighted by molar-refractivity contribution is 0.102. The molecule has 174 valence electrons. The van der Waals surface area contributed by atoms with Crippen molar-refractivity contribution in [3.63, 3.8) is 0 Å². The zero-order valence-corrected chi connectivity index (χ0v) is 19.3. The molecule has 0 saturated carbocycles. The second kappa shape index (κ2) is 8.87. The molecule has 2 heterocycles. The fourth-order valence-electron chi connectivity index (χ4n) is 3.71. The average Bonchev–Trinajstić information content (AvgIpc) is 3.46. The van der Waals surface area contributed by atoms with Crippen LogP contribution in [-0.4, -0.2) is 66.0 Å². The molecule has 1 saturated heterocycles. The molecule has 4 rings (SSSR count). The Morgan fingerprint density at radius 3 is 2.45 bits per heavy atom. The standard InChI is InChI=1S/C21H24FN7O3S/c1-14-24-25-26-29(14)20-12-15(6-8-18(20)22)23-21(30)17-13-16(33(31,32)27(2)3)7-9-19(17)28-10-4-5-11-28/h6-9,12-13H,4-5,10-11H2,1-3H3,(H,23,30). The summed E-state index contributed by atoms with van der Waals surface area (Å²) in [7, 11) is -0.863. The zero-order chi connectivity index (χ0) is 23.8. The zero-order valence-electron chi connectivity index (χ0n) is 18.5. The van der Waals surface area contributed by atoms with E-state index in [9.17, 15) is 17.6 Å². The van der Waals surface area contributed by atoms with Crippen molar-refractivity contribution in [2.45, 2.75) is 24.7 Å². The van der Waals surface area contributed by atoms with E-state index in [1.807, 2.05) is 0 Å². The number of benzene rings is 2. The number of rotatable bonds is 6. The third kappa shape index (κ3) is 4.44. The summed E-state index contributed by atoms with van der Waals surface area (Å²) in [6.07, 6.45) is 1.98. The first-order chi connectivity index (χ1) is 15.7. The first kappa shape index (κ1) is 22.8. The number of anilines is 2. The van der Waals surface area contributed by atoms with E-state index in [0.717, 1.165) is 30.2 Å². The summed E-state index contributed by atoms with van der Waals surface area (Å²) in [6.45, 7) is 3.18. The van der Waals surface area contributed by atoms with Gasteiger partial charge in [-0.1, -0.05) is 0 Å². The minimum atomic E-state index is -3.73. The number of amides is 1. The number of hydrogen-bond donors (Lipinski definition) is 1. The second-order valence-corrected chi connectivity index (χ2v) is 10.1. The van der Waals surface area contributed by atoms with Crippen LogP contribution in [0.25, 0.3) is 5.69 Å². The van der Waals surface area contributed by atoms with Gasteiger partial charge < -0.3 is 10.2 Å². The predicted molar refractivity (Wildman–Crippen MR) is 121 cm³/mol. The lowest BCUT2D eigenvalue weighted by Gasteiger charge is -2.22. The van der Waals surface area contributed by atoms with Crippen LogP contribution >= 0.6 is 0 Å².